The molecule has 0 bridgehead atoms. The van der Waals surface area contributed by atoms with Gasteiger partial charge in [-0.2, -0.15) is 0 Å². The number of amides is 1. The summed E-state index contributed by atoms with van der Waals surface area (Å²) >= 11 is 0. The van der Waals surface area contributed by atoms with Crippen molar-refractivity contribution >= 4 is 11.6 Å². The zero-order valence-corrected chi connectivity index (χ0v) is 15.4. The predicted molar refractivity (Wildman–Crippen MR) is 103 cm³/mol. The van der Waals surface area contributed by atoms with Crippen LogP contribution in [-0.2, 0) is 4.79 Å². The highest BCUT2D eigenvalue weighted by molar-refractivity contribution is 5.90. The number of fused-ring (bicyclic) bond motifs is 1. The minimum absolute atomic E-state index is 0.0580. The fourth-order valence-electron chi connectivity index (χ4n) is 2.88. The van der Waals surface area contributed by atoms with Crippen LogP contribution >= 0.6 is 0 Å². The lowest BCUT2D eigenvalue weighted by atomic mass is 10.2. The molecule has 1 aliphatic heterocycles. The fourth-order valence-corrected chi connectivity index (χ4v) is 2.88. The van der Waals surface area contributed by atoms with E-state index in [4.69, 9.17) is 9.47 Å². The molecule has 0 saturated carbocycles. The first-order chi connectivity index (χ1) is 12.6. The molecular weight excluding hydrogens is 328 g/mol. The average molecular weight is 354 g/mol. The van der Waals surface area contributed by atoms with Crippen molar-refractivity contribution in [3.05, 3.63) is 54.1 Å². The molecule has 0 aromatic heterocycles. The summed E-state index contributed by atoms with van der Waals surface area (Å²) in [6.07, 6.45) is 2.20. The quantitative estimate of drug-likeness (QED) is 0.768. The van der Waals surface area contributed by atoms with Gasteiger partial charge >= 0.3 is 0 Å². The number of carbonyl (C=O) groups excluding carboxylic acids is 1. The van der Waals surface area contributed by atoms with Crippen LogP contribution in [0, 0.1) is 6.92 Å². The Labute approximate surface area is 154 Å². The molecule has 1 N–H and O–H groups in total. The van der Waals surface area contributed by atoms with E-state index in [2.05, 4.69) is 10.2 Å². The molecule has 1 heterocycles. The van der Waals surface area contributed by atoms with Crippen LogP contribution < -0.4 is 14.8 Å². The van der Waals surface area contributed by atoms with Gasteiger partial charge in [0.2, 0.25) is 5.91 Å². The number of unbranched alkanes of at least 4 members (excludes halogenated alkanes) is 1. The van der Waals surface area contributed by atoms with Crippen LogP contribution in [0.2, 0.25) is 0 Å². The van der Waals surface area contributed by atoms with Crippen molar-refractivity contribution in [1.82, 2.24) is 4.90 Å². The maximum absolute atomic E-state index is 12.0. The normalized spacial score (nSPS) is 15.7. The molecule has 5 heteroatoms. The van der Waals surface area contributed by atoms with Gasteiger partial charge in [0.25, 0.3) is 0 Å². The summed E-state index contributed by atoms with van der Waals surface area (Å²) in [4.78, 5) is 14.1. The number of rotatable bonds is 7. The third kappa shape index (κ3) is 4.99. The van der Waals surface area contributed by atoms with Crippen molar-refractivity contribution < 1.29 is 14.3 Å². The monoisotopic (exact) mass is 354 g/mol. The van der Waals surface area contributed by atoms with E-state index in [1.165, 1.54) is 5.56 Å². The Morgan fingerprint density at radius 3 is 2.62 bits per heavy atom. The Kier molecular flexibility index (Phi) is 6.12. The van der Waals surface area contributed by atoms with Crippen LogP contribution in [0.15, 0.2) is 48.5 Å². The van der Waals surface area contributed by atoms with Crippen LogP contribution in [-0.4, -0.2) is 37.2 Å². The number of aryl methyl sites for hydroxylation is 1. The second-order valence-electron chi connectivity index (χ2n) is 6.68. The van der Waals surface area contributed by atoms with Crippen LogP contribution in [0.25, 0.3) is 0 Å². The maximum Gasteiger partial charge on any atom is 0.224 e. The zero-order valence-electron chi connectivity index (χ0n) is 15.4. The van der Waals surface area contributed by atoms with Gasteiger partial charge < -0.3 is 14.8 Å². The van der Waals surface area contributed by atoms with Gasteiger partial charge in [0.1, 0.15) is 6.61 Å². The van der Waals surface area contributed by atoms with Gasteiger partial charge in [-0.25, -0.2) is 0 Å². The van der Waals surface area contributed by atoms with E-state index in [9.17, 15) is 4.79 Å². The van der Waals surface area contributed by atoms with E-state index >= 15 is 0 Å². The van der Waals surface area contributed by atoms with Crippen molar-refractivity contribution in [2.24, 2.45) is 0 Å². The van der Waals surface area contributed by atoms with Gasteiger partial charge in [-0.3, -0.25) is 9.69 Å². The molecule has 0 saturated heterocycles. The smallest absolute Gasteiger partial charge is 0.224 e. The number of hydrogen-bond donors (Lipinski definition) is 1. The number of likely N-dealkylation sites (N-methyl/N-ethyl adjacent to an activating group) is 1. The molecule has 0 aliphatic carbocycles. The van der Waals surface area contributed by atoms with Gasteiger partial charge in [-0.05, 0) is 51.1 Å². The molecule has 3 rings (SSSR count). The summed E-state index contributed by atoms with van der Waals surface area (Å²) in [7, 11) is 2.02. The third-order valence-corrected chi connectivity index (χ3v) is 4.49. The van der Waals surface area contributed by atoms with Gasteiger partial charge in [-0.1, -0.05) is 29.8 Å². The Bertz CT molecular complexity index is 730. The summed E-state index contributed by atoms with van der Waals surface area (Å²) in [5.74, 6) is 1.64. The number of nitrogens with one attached hydrogen (secondary N) is 1. The highest BCUT2D eigenvalue weighted by Crippen LogP contribution is 2.31. The number of hydrogen-bond acceptors (Lipinski definition) is 4. The van der Waals surface area contributed by atoms with Crippen molar-refractivity contribution in [3.63, 3.8) is 0 Å². The zero-order chi connectivity index (χ0) is 18.4. The number of anilines is 1. The van der Waals surface area contributed by atoms with Crippen LogP contribution in [0.5, 0.6) is 11.5 Å². The van der Waals surface area contributed by atoms with Crippen LogP contribution in [0.1, 0.15) is 24.8 Å². The Balaban J connectivity index is 1.36. The van der Waals surface area contributed by atoms with Crippen molar-refractivity contribution in [2.75, 3.05) is 25.5 Å². The largest absolute Gasteiger partial charge is 0.484 e. The second kappa shape index (κ2) is 8.72. The van der Waals surface area contributed by atoms with E-state index in [1.54, 1.807) is 0 Å². The highest BCUT2D eigenvalue weighted by Gasteiger charge is 2.23. The summed E-state index contributed by atoms with van der Waals surface area (Å²) in [6.45, 7) is 3.40. The molecule has 0 fully saturated rings. The van der Waals surface area contributed by atoms with E-state index in [0.29, 0.717) is 13.0 Å². The second-order valence-corrected chi connectivity index (χ2v) is 6.68. The molecule has 2 aromatic rings. The highest BCUT2D eigenvalue weighted by atomic mass is 16.6. The molecule has 26 heavy (non-hydrogen) atoms. The van der Waals surface area contributed by atoms with Crippen molar-refractivity contribution in [3.8, 4) is 11.5 Å². The first-order valence-corrected chi connectivity index (χ1v) is 9.07. The maximum atomic E-state index is 12.0. The number of benzene rings is 2. The lowest BCUT2D eigenvalue weighted by Crippen LogP contribution is -2.43. The Hall–Kier alpha value is -2.53. The third-order valence-electron chi connectivity index (χ3n) is 4.49. The summed E-state index contributed by atoms with van der Waals surface area (Å²) in [5.41, 5.74) is 2.03. The van der Waals surface area contributed by atoms with Gasteiger partial charge in [-0.15, -0.1) is 0 Å². The van der Waals surface area contributed by atoms with E-state index in [1.807, 2.05) is 62.5 Å². The summed E-state index contributed by atoms with van der Waals surface area (Å²) < 4.78 is 11.7. The lowest BCUT2D eigenvalue weighted by molar-refractivity contribution is -0.116. The number of ether oxygens (including phenoxy) is 2. The van der Waals surface area contributed by atoms with Gasteiger partial charge in [0.15, 0.2) is 17.7 Å². The van der Waals surface area contributed by atoms with E-state index < -0.39 is 0 Å². The average Bonchev–Trinajstić information content (AvgIpc) is 2.66. The summed E-state index contributed by atoms with van der Waals surface area (Å²) in [5, 5.41) is 2.93. The Morgan fingerprint density at radius 1 is 1.12 bits per heavy atom. The SMILES string of the molecule is Cc1ccc(NC(=O)CCCCN(C)C2COc3ccccc3O2)cc1. The molecule has 1 unspecified atom stereocenters. The van der Waals surface area contributed by atoms with Gasteiger partial charge in [0, 0.05) is 18.7 Å². The molecule has 0 radical (unpaired) electrons. The van der Waals surface area contributed by atoms with Crippen molar-refractivity contribution in [2.45, 2.75) is 32.4 Å². The molecule has 5 nitrogen and oxygen atoms in total. The van der Waals surface area contributed by atoms with Crippen molar-refractivity contribution in [1.29, 1.82) is 0 Å². The van der Waals surface area contributed by atoms with Crippen LogP contribution in [0.4, 0.5) is 5.69 Å². The van der Waals surface area contributed by atoms with Gasteiger partial charge in [0.05, 0.1) is 0 Å². The lowest BCUT2D eigenvalue weighted by Gasteiger charge is -2.32. The first kappa shape index (κ1) is 18.3. The molecule has 1 aliphatic rings. The van der Waals surface area contributed by atoms with Crippen LogP contribution in [0.3, 0.4) is 0 Å². The molecular formula is C21H26N2O3. The van der Waals surface area contributed by atoms with E-state index in [0.717, 1.165) is 36.6 Å². The predicted octanol–water partition coefficient (Wildman–Crippen LogP) is 3.83. The Morgan fingerprint density at radius 2 is 1.85 bits per heavy atom. The standard InChI is InChI=1S/C21H26N2O3/c1-16-10-12-17(13-11-16)22-20(24)9-5-6-14-23(2)21-15-25-18-7-3-4-8-19(18)26-21/h3-4,7-8,10-13,21H,5-6,9,14-15H2,1-2H3,(H,22,24). The molecule has 0 spiro atoms. The summed E-state index contributed by atoms with van der Waals surface area (Å²) in [6, 6.07) is 15.6. The molecule has 1 atom stereocenters. The molecule has 2 aromatic carbocycles. The molecule has 138 valence electrons. The number of nitrogens with zero attached hydrogens (tertiary/aromatic N) is 1. The minimum Gasteiger partial charge on any atom is -0.484 e. The number of carbonyl (C=O) groups is 1. The minimum atomic E-state index is -0.0914. The fraction of sp³-hybridized carbons (Fsp3) is 0.381. The number of para-hydroxylation sites is 2. The molecule has 1 amide bonds. The first-order valence-electron chi connectivity index (χ1n) is 9.07. The van der Waals surface area contributed by atoms with E-state index in [-0.39, 0.29) is 12.1 Å². The topological polar surface area (TPSA) is 50.8 Å².